The normalized spacial score (nSPS) is 11.8. The van der Waals surface area contributed by atoms with Gasteiger partial charge in [0.25, 0.3) is 0 Å². The molecule has 0 N–H and O–H groups in total. The number of nitrogens with zero attached hydrogens (tertiary/aromatic N) is 6. The van der Waals surface area contributed by atoms with Crippen molar-refractivity contribution >= 4 is 31.3 Å². The molecule has 7 nitrogen and oxygen atoms in total. The van der Waals surface area contributed by atoms with Crippen molar-refractivity contribution in [1.82, 2.24) is 29.5 Å². The second kappa shape index (κ2) is 9.54. The summed E-state index contributed by atoms with van der Waals surface area (Å²) in [5.41, 5.74) is 3.01. The summed E-state index contributed by atoms with van der Waals surface area (Å²) in [4.78, 5) is 8.54. The van der Waals surface area contributed by atoms with Gasteiger partial charge in [-0.1, -0.05) is 61.0 Å². The van der Waals surface area contributed by atoms with E-state index in [4.69, 9.17) is 33.0 Å². The predicted molar refractivity (Wildman–Crippen MR) is 130 cm³/mol. The van der Waals surface area contributed by atoms with Gasteiger partial charge >= 0.3 is 0 Å². The number of aromatic nitrogens is 6. The molecular weight excluding hydrogens is 463 g/mol. The number of ether oxygens (including phenoxy) is 1. The molecule has 3 heterocycles. The molecular formula is C22H24Cl2N6OSi. The topological polar surface area (TPSA) is 70.7 Å². The van der Waals surface area contributed by atoms with E-state index in [-0.39, 0.29) is 0 Å². The van der Waals surface area contributed by atoms with Crippen molar-refractivity contribution in [2.45, 2.75) is 32.4 Å². The van der Waals surface area contributed by atoms with Crippen molar-refractivity contribution in [3.8, 4) is 28.3 Å². The smallest absolute Gasteiger partial charge is 0.185 e. The van der Waals surface area contributed by atoms with Gasteiger partial charge < -0.3 is 4.74 Å². The van der Waals surface area contributed by atoms with E-state index in [1.807, 2.05) is 36.5 Å². The molecule has 4 rings (SSSR count). The van der Waals surface area contributed by atoms with E-state index in [0.717, 1.165) is 29.5 Å². The van der Waals surface area contributed by atoms with Gasteiger partial charge in [-0.05, 0) is 18.2 Å². The van der Waals surface area contributed by atoms with Gasteiger partial charge in [0, 0.05) is 38.7 Å². The zero-order valence-electron chi connectivity index (χ0n) is 18.2. The number of halogens is 2. The molecule has 0 atom stereocenters. The quantitative estimate of drug-likeness (QED) is 0.178. The highest BCUT2D eigenvalue weighted by Crippen LogP contribution is 2.34. The molecule has 0 fully saturated rings. The van der Waals surface area contributed by atoms with Gasteiger partial charge in [0.1, 0.15) is 23.9 Å². The summed E-state index contributed by atoms with van der Waals surface area (Å²) in [5, 5.41) is 10.4. The van der Waals surface area contributed by atoms with Gasteiger partial charge in [-0.2, -0.15) is 5.10 Å². The molecule has 1 aromatic carbocycles. The van der Waals surface area contributed by atoms with Crippen LogP contribution in [0.15, 0.2) is 55.1 Å². The molecule has 4 aromatic rings. The SMILES string of the molecule is C[Si](C)(C)CCOCn1cnc(-c2cn(-c3ccnc(Cl)c3)nc2-c2ccccc2Cl)n1. The first-order valence-electron chi connectivity index (χ1n) is 10.2. The summed E-state index contributed by atoms with van der Waals surface area (Å²) in [6.45, 7) is 8.05. The molecule has 0 aliphatic rings. The van der Waals surface area contributed by atoms with Crippen molar-refractivity contribution in [2.24, 2.45) is 0 Å². The van der Waals surface area contributed by atoms with E-state index in [1.165, 1.54) is 0 Å². The number of hydrogen-bond acceptors (Lipinski definition) is 5. The zero-order chi connectivity index (χ0) is 22.7. The lowest BCUT2D eigenvalue weighted by Crippen LogP contribution is -2.22. The van der Waals surface area contributed by atoms with E-state index in [2.05, 4.69) is 34.7 Å². The average Bonchev–Trinajstić information content (AvgIpc) is 3.38. The van der Waals surface area contributed by atoms with Gasteiger partial charge in [-0.25, -0.2) is 19.3 Å². The van der Waals surface area contributed by atoms with E-state index < -0.39 is 8.07 Å². The molecule has 32 heavy (non-hydrogen) atoms. The lowest BCUT2D eigenvalue weighted by atomic mass is 10.1. The summed E-state index contributed by atoms with van der Waals surface area (Å²) in [6, 6.07) is 12.2. The number of hydrogen-bond donors (Lipinski definition) is 0. The maximum absolute atomic E-state index is 6.48. The Morgan fingerprint density at radius 3 is 2.56 bits per heavy atom. The third-order valence-corrected chi connectivity index (χ3v) is 7.06. The van der Waals surface area contributed by atoms with Crippen LogP contribution in [-0.2, 0) is 11.5 Å². The van der Waals surface area contributed by atoms with Gasteiger partial charge in [-0.3, -0.25) is 0 Å². The highest BCUT2D eigenvalue weighted by molar-refractivity contribution is 6.76. The van der Waals surface area contributed by atoms with Gasteiger partial charge in [0.15, 0.2) is 5.82 Å². The Bertz CT molecular complexity index is 1220. The molecule has 0 unspecified atom stereocenters. The average molecular weight is 487 g/mol. The lowest BCUT2D eigenvalue weighted by Gasteiger charge is -2.15. The number of pyridine rings is 1. The maximum Gasteiger partial charge on any atom is 0.185 e. The molecule has 0 bridgehead atoms. The zero-order valence-corrected chi connectivity index (χ0v) is 20.7. The minimum absolute atomic E-state index is 0.354. The van der Waals surface area contributed by atoms with Crippen LogP contribution in [0.4, 0.5) is 0 Å². The van der Waals surface area contributed by atoms with Crippen molar-refractivity contribution in [1.29, 1.82) is 0 Å². The highest BCUT2D eigenvalue weighted by Gasteiger charge is 2.19. The Hall–Kier alpha value is -2.52. The minimum atomic E-state index is -1.13. The van der Waals surface area contributed by atoms with Crippen molar-refractivity contribution < 1.29 is 4.74 Å². The maximum atomic E-state index is 6.48. The van der Waals surface area contributed by atoms with Crippen LogP contribution in [0.25, 0.3) is 28.3 Å². The molecule has 10 heteroatoms. The molecule has 0 amide bonds. The highest BCUT2D eigenvalue weighted by atomic mass is 35.5. The first-order chi connectivity index (χ1) is 15.3. The van der Waals surface area contributed by atoms with Crippen LogP contribution in [0.3, 0.4) is 0 Å². The molecule has 0 aliphatic heterocycles. The van der Waals surface area contributed by atoms with Crippen LogP contribution in [0.2, 0.25) is 35.9 Å². The fourth-order valence-corrected chi connectivity index (χ4v) is 4.22. The van der Waals surface area contributed by atoms with E-state index in [9.17, 15) is 0 Å². The third kappa shape index (κ3) is 5.45. The summed E-state index contributed by atoms with van der Waals surface area (Å²) in [6.07, 6.45) is 5.18. The van der Waals surface area contributed by atoms with E-state index in [0.29, 0.717) is 28.4 Å². The molecule has 0 saturated heterocycles. The first-order valence-corrected chi connectivity index (χ1v) is 14.7. The molecule has 166 valence electrons. The van der Waals surface area contributed by atoms with Crippen LogP contribution >= 0.6 is 23.2 Å². The lowest BCUT2D eigenvalue weighted by molar-refractivity contribution is 0.0785. The Labute approximate surface area is 198 Å². The van der Waals surface area contributed by atoms with E-state index >= 15 is 0 Å². The fraction of sp³-hybridized carbons (Fsp3) is 0.273. The van der Waals surface area contributed by atoms with Gasteiger partial charge in [-0.15, -0.1) is 5.10 Å². The number of rotatable bonds is 8. The Kier molecular flexibility index (Phi) is 6.76. The van der Waals surface area contributed by atoms with Crippen LogP contribution in [0, 0.1) is 0 Å². The van der Waals surface area contributed by atoms with Gasteiger partial charge in [0.05, 0.1) is 16.3 Å². The summed E-state index contributed by atoms with van der Waals surface area (Å²) >= 11 is 12.6. The van der Waals surface area contributed by atoms with Crippen LogP contribution in [0.5, 0.6) is 0 Å². The molecule has 3 aromatic heterocycles. The Balaban J connectivity index is 1.66. The van der Waals surface area contributed by atoms with E-state index in [1.54, 1.807) is 28.0 Å². The van der Waals surface area contributed by atoms with Crippen molar-refractivity contribution in [3.05, 3.63) is 65.3 Å². The molecule has 0 saturated carbocycles. The van der Waals surface area contributed by atoms with Crippen LogP contribution < -0.4 is 0 Å². The first kappa shape index (κ1) is 22.7. The summed E-state index contributed by atoms with van der Waals surface area (Å²) in [7, 11) is -1.13. The van der Waals surface area contributed by atoms with Crippen molar-refractivity contribution in [3.63, 3.8) is 0 Å². The van der Waals surface area contributed by atoms with Crippen LogP contribution in [0.1, 0.15) is 0 Å². The van der Waals surface area contributed by atoms with Crippen molar-refractivity contribution in [2.75, 3.05) is 6.61 Å². The monoisotopic (exact) mass is 486 g/mol. The minimum Gasteiger partial charge on any atom is -0.359 e. The standard InChI is InChI=1S/C22H24Cl2N6OSi/c1-32(2,3)11-10-31-15-29-14-26-22(28-29)18-13-30(16-8-9-25-20(24)12-16)27-21(18)17-6-4-5-7-19(17)23/h4-9,12-14H,10-11,15H2,1-3H3. The summed E-state index contributed by atoms with van der Waals surface area (Å²) in [5.74, 6) is 0.542. The Morgan fingerprint density at radius 1 is 1.00 bits per heavy atom. The van der Waals surface area contributed by atoms with Gasteiger partial charge in [0.2, 0.25) is 0 Å². The largest absolute Gasteiger partial charge is 0.359 e. The molecule has 0 aliphatic carbocycles. The molecule has 0 spiro atoms. The fourth-order valence-electron chi connectivity index (χ4n) is 3.07. The van der Waals surface area contributed by atoms with Crippen LogP contribution in [-0.4, -0.2) is 44.2 Å². The third-order valence-electron chi connectivity index (χ3n) is 4.82. The summed E-state index contributed by atoms with van der Waals surface area (Å²) < 4.78 is 9.22. The second-order valence-corrected chi connectivity index (χ2v) is 15.0. The molecule has 0 radical (unpaired) electrons. The number of benzene rings is 1. The second-order valence-electron chi connectivity index (χ2n) is 8.61. The predicted octanol–water partition coefficient (Wildman–Crippen LogP) is 5.81. The Morgan fingerprint density at radius 2 is 1.81 bits per heavy atom.